The number of rotatable bonds is 3. The van der Waals surface area contributed by atoms with Crippen molar-refractivity contribution in [3.8, 4) is 5.75 Å². The van der Waals surface area contributed by atoms with Crippen LogP contribution in [-0.2, 0) is 0 Å². The van der Waals surface area contributed by atoms with E-state index in [0.717, 1.165) is 12.3 Å². The van der Waals surface area contributed by atoms with Gasteiger partial charge in [-0.3, -0.25) is 9.78 Å². The largest absolute Gasteiger partial charge is 0.495 e. The molecule has 0 amide bonds. The Morgan fingerprint density at radius 1 is 1.64 bits per heavy atom. The molecular formula is C8H6ClF2NO2. The van der Waals surface area contributed by atoms with Crippen LogP contribution in [0.15, 0.2) is 12.3 Å². The lowest BCUT2D eigenvalue weighted by atomic mass is 10.2. The van der Waals surface area contributed by atoms with E-state index in [2.05, 4.69) is 9.72 Å². The van der Waals surface area contributed by atoms with Gasteiger partial charge >= 0.3 is 0 Å². The van der Waals surface area contributed by atoms with Crippen molar-refractivity contribution in [3.63, 3.8) is 0 Å². The summed E-state index contributed by atoms with van der Waals surface area (Å²) in [6.07, 6.45) is -1.76. The van der Waals surface area contributed by atoms with Crippen LogP contribution in [0, 0.1) is 0 Å². The smallest absolute Gasteiger partial charge is 0.284 e. The summed E-state index contributed by atoms with van der Waals surface area (Å²) in [5, 5.41) is -0.767. The first-order valence-electron chi connectivity index (χ1n) is 3.58. The van der Waals surface area contributed by atoms with Crippen molar-refractivity contribution < 1.29 is 18.3 Å². The van der Waals surface area contributed by atoms with Gasteiger partial charge in [0, 0.05) is 6.20 Å². The van der Waals surface area contributed by atoms with Gasteiger partial charge in [-0.1, -0.05) is 0 Å². The van der Waals surface area contributed by atoms with Gasteiger partial charge in [0.15, 0.2) is 0 Å². The van der Waals surface area contributed by atoms with Crippen molar-refractivity contribution in [1.29, 1.82) is 0 Å². The summed E-state index contributed by atoms with van der Waals surface area (Å²) in [7, 11) is 1.21. The summed E-state index contributed by atoms with van der Waals surface area (Å²) in [6.45, 7) is 0. The zero-order chi connectivity index (χ0) is 10.7. The van der Waals surface area contributed by atoms with Crippen molar-refractivity contribution in [1.82, 2.24) is 4.98 Å². The van der Waals surface area contributed by atoms with E-state index >= 15 is 0 Å². The second-order valence-electron chi connectivity index (χ2n) is 2.39. The van der Waals surface area contributed by atoms with Crippen LogP contribution in [0.4, 0.5) is 8.78 Å². The van der Waals surface area contributed by atoms with Gasteiger partial charge in [0.05, 0.1) is 12.7 Å². The fraction of sp³-hybridized carbons (Fsp3) is 0.250. The highest BCUT2D eigenvalue weighted by atomic mass is 35.5. The molecule has 0 N–H and O–H groups in total. The molecule has 76 valence electrons. The highest BCUT2D eigenvalue weighted by Crippen LogP contribution is 2.27. The van der Waals surface area contributed by atoms with Crippen molar-refractivity contribution in [2.75, 3.05) is 7.11 Å². The summed E-state index contributed by atoms with van der Waals surface area (Å²) < 4.78 is 29.2. The summed E-state index contributed by atoms with van der Waals surface area (Å²) >= 11 is 5.14. The lowest BCUT2D eigenvalue weighted by Gasteiger charge is -2.06. The minimum atomic E-state index is -2.75. The first-order valence-corrected chi connectivity index (χ1v) is 3.96. The van der Waals surface area contributed by atoms with Gasteiger partial charge in [-0.25, -0.2) is 8.78 Å². The molecule has 0 atom stereocenters. The van der Waals surface area contributed by atoms with Crippen molar-refractivity contribution in [3.05, 3.63) is 23.5 Å². The number of ether oxygens (including phenoxy) is 1. The van der Waals surface area contributed by atoms with Gasteiger partial charge in [-0.05, 0) is 17.7 Å². The molecule has 0 saturated heterocycles. The zero-order valence-corrected chi connectivity index (χ0v) is 7.89. The van der Waals surface area contributed by atoms with Gasteiger partial charge in [0.1, 0.15) is 11.4 Å². The van der Waals surface area contributed by atoms with Crippen LogP contribution in [0.25, 0.3) is 0 Å². The number of alkyl halides is 2. The van der Waals surface area contributed by atoms with Gasteiger partial charge in [-0.15, -0.1) is 0 Å². The number of carbonyl (C=O) groups is 1. The third kappa shape index (κ3) is 2.17. The van der Waals surface area contributed by atoms with E-state index in [1.807, 2.05) is 0 Å². The van der Waals surface area contributed by atoms with Crippen LogP contribution in [0.3, 0.4) is 0 Å². The third-order valence-electron chi connectivity index (χ3n) is 1.54. The Morgan fingerprint density at radius 2 is 2.29 bits per heavy atom. The Hall–Kier alpha value is -1.23. The fourth-order valence-electron chi connectivity index (χ4n) is 0.890. The fourth-order valence-corrected chi connectivity index (χ4v) is 0.993. The average Bonchev–Trinajstić information content (AvgIpc) is 2.16. The Balaban J connectivity index is 3.18. The SMILES string of the molecule is COc1cc(C(=O)Cl)cnc1C(F)F. The molecule has 1 aromatic rings. The lowest BCUT2D eigenvalue weighted by Crippen LogP contribution is -1.99. The molecule has 0 aliphatic heterocycles. The summed E-state index contributed by atoms with van der Waals surface area (Å²) in [6, 6.07) is 1.13. The van der Waals surface area contributed by atoms with E-state index in [0.29, 0.717) is 0 Å². The van der Waals surface area contributed by atoms with Gasteiger partial charge in [0.2, 0.25) is 0 Å². The molecule has 0 unspecified atom stereocenters. The zero-order valence-electron chi connectivity index (χ0n) is 7.13. The second-order valence-corrected chi connectivity index (χ2v) is 2.73. The van der Waals surface area contributed by atoms with E-state index in [1.165, 1.54) is 7.11 Å². The number of hydrogen-bond donors (Lipinski definition) is 0. The molecule has 0 saturated carbocycles. The van der Waals surface area contributed by atoms with Gasteiger partial charge < -0.3 is 4.74 Å². The quantitative estimate of drug-likeness (QED) is 0.736. The summed E-state index contributed by atoms with van der Waals surface area (Å²) in [5.41, 5.74) is -0.484. The predicted molar refractivity (Wildman–Crippen MR) is 45.9 cm³/mol. The van der Waals surface area contributed by atoms with Crippen molar-refractivity contribution >= 4 is 16.8 Å². The van der Waals surface area contributed by atoms with Crippen LogP contribution in [-0.4, -0.2) is 17.3 Å². The normalized spacial score (nSPS) is 10.4. The van der Waals surface area contributed by atoms with E-state index in [-0.39, 0.29) is 11.3 Å². The van der Waals surface area contributed by atoms with E-state index in [1.54, 1.807) is 0 Å². The number of carbonyl (C=O) groups excluding carboxylic acids is 1. The molecule has 0 aromatic carbocycles. The number of methoxy groups -OCH3 is 1. The molecule has 0 spiro atoms. The third-order valence-corrected chi connectivity index (χ3v) is 1.75. The molecule has 0 bridgehead atoms. The molecule has 1 heterocycles. The first-order chi connectivity index (χ1) is 6.56. The maximum Gasteiger partial charge on any atom is 0.284 e. The highest BCUT2D eigenvalue weighted by molar-refractivity contribution is 6.67. The van der Waals surface area contributed by atoms with E-state index in [9.17, 15) is 13.6 Å². The number of halogens is 3. The Morgan fingerprint density at radius 3 is 2.71 bits per heavy atom. The molecule has 0 aliphatic rings. The number of aromatic nitrogens is 1. The Bertz CT molecular complexity index is 357. The van der Waals surface area contributed by atoms with E-state index in [4.69, 9.17) is 11.6 Å². The van der Waals surface area contributed by atoms with Crippen LogP contribution in [0.1, 0.15) is 22.5 Å². The maximum absolute atomic E-state index is 12.3. The first kappa shape index (κ1) is 10.8. The van der Waals surface area contributed by atoms with Crippen molar-refractivity contribution in [2.45, 2.75) is 6.43 Å². The maximum atomic E-state index is 12.3. The molecule has 1 rings (SSSR count). The number of pyridine rings is 1. The van der Waals surface area contributed by atoms with Crippen LogP contribution in [0.5, 0.6) is 5.75 Å². The summed E-state index contributed by atoms with van der Waals surface area (Å²) in [5.74, 6) is -0.147. The standard InChI is InChI=1S/C8H6ClF2NO2/c1-14-5-2-4(7(9)13)3-12-6(5)8(10)11/h2-3,8H,1H3. The molecule has 6 heteroatoms. The Labute approximate surface area is 83.7 Å². The minimum absolute atomic E-state index is 0.0212. The van der Waals surface area contributed by atoms with Crippen molar-refractivity contribution in [2.24, 2.45) is 0 Å². The van der Waals surface area contributed by atoms with E-state index < -0.39 is 17.4 Å². The topological polar surface area (TPSA) is 39.2 Å². The highest BCUT2D eigenvalue weighted by Gasteiger charge is 2.17. The number of nitrogens with zero attached hydrogens (tertiary/aromatic N) is 1. The number of hydrogen-bond acceptors (Lipinski definition) is 3. The van der Waals surface area contributed by atoms with Crippen LogP contribution >= 0.6 is 11.6 Å². The summed E-state index contributed by atoms with van der Waals surface area (Å²) in [4.78, 5) is 14.1. The van der Waals surface area contributed by atoms with Gasteiger partial charge in [-0.2, -0.15) is 0 Å². The molecule has 14 heavy (non-hydrogen) atoms. The van der Waals surface area contributed by atoms with Crippen LogP contribution in [0.2, 0.25) is 0 Å². The minimum Gasteiger partial charge on any atom is -0.495 e. The Kier molecular flexibility index (Phi) is 3.35. The van der Waals surface area contributed by atoms with Gasteiger partial charge in [0.25, 0.3) is 11.7 Å². The lowest BCUT2D eigenvalue weighted by molar-refractivity contribution is 0.107. The predicted octanol–water partition coefficient (Wildman–Crippen LogP) is 2.41. The molecule has 3 nitrogen and oxygen atoms in total. The van der Waals surface area contributed by atoms with Crippen LogP contribution < -0.4 is 4.74 Å². The molecule has 1 aromatic heterocycles. The molecule has 0 aliphatic carbocycles. The average molecular weight is 222 g/mol. The molecule has 0 radical (unpaired) electrons. The molecule has 0 fully saturated rings. The monoisotopic (exact) mass is 221 g/mol. The molecular weight excluding hydrogens is 216 g/mol. The second kappa shape index (κ2) is 4.32.